The molecule has 0 bridgehead atoms. The zero-order valence-corrected chi connectivity index (χ0v) is 11.7. The maximum Gasteiger partial charge on any atom is 0.155 e. The lowest BCUT2D eigenvalue weighted by atomic mass is 10.3. The highest BCUT2D eigenvalue weighted by Gasteiger charge is 2.05. The first-order chi connectivity index (χ1) is 8.54. The Balaban J connectivity index is 2.01. The molecule has 2 aromatic heterocycles. The van der Waals surface area contributed by atoms with Crippen molar-refractivity contribution in [3.8, 4) is 0 Å². The number of nitrogens with zero attached hydrogens (tertiary/aromatic N) is 3. The SMILES string of the molecule is Cc1cc2ncc(CNC(C)CS(C)=O)cn2n1. The van der Waals surface area contributed by atoms with Gasteiger partial charge in [0.25, 0.3) is 0 Å². The molecule has 98 valence electrons. The molecule has 2 unspecified atom stereocenters. The van der Waals surface area contributed by atoms with E-state index in [1.54, 1.807) is 10.8 Å². The van der Waals surface area contributed by atoms with E-state index in [4.69, 9.17) is 0 Å². The monoisotopic (exact) mass is 266 g/mol. The first kappa shape index (κ1) is 13.2. The normalized spacial score (nSPS) is 14.8. The van der Waals surface area contributed by atoms with E-state index >= 15 is 0 Å². The summed E-state index contributed by atoms with van der Waals surface area (Å²) in [6, 6.07) is 2.17. The zero-order valence-electron chi connectivity index (χ0n) is 10.9. The van der Waals surface area contributed by atoms with Gasteiger partial charge in [-0.2, -0.15) is 5.10 Å². The fourth-order valence-electron chi connectivity index (χ4n) is 1.83. The molecule has 0 aromatic carbocycles. The molecule has 0 spiro atoms. The fraction of sp³-hybridized carbons (Fsp3) is 0.500. The largest absolute Gasteiger partial charge is 0.309 e. The highest BCUT2D eigenvalue weighted by Crippen LogP contribution is 2.04. The number of fused-ring (bicyclic) bond motifs is 1. The predicted molar refractivity (Wildman–Crippen MR) is 73.0 cm³/mol. The molecule has 2 atom stereocenters. The van der Waals surface area contributed by atoms with Crippen LogP contribution in [0.4, 0.5) is 0 Å². The molecule has 0 aliphatic heterocycles. The molecule has 2 aromatic rings. The van der Waals surface area contributed by atoms with Crippen molar-refractivity contribution in [1.82, 2.24) is 19.9 Å². The summed E-state index contributed by atoms with van der Waals surface area (Å²) >= 11 is 0. The van der Waals surface area contributed by atoms with Crippen molar-refractivity contribution in [2.45, 2.75) is 26.4 Å². The summed E-state index contributed by atoms with van der Waals surface area (Å²) in [4.78, 5) is 4.34. The van der Waals surface area contributed by atoms with E-state index in [1.807, 2.05) is 32.3 Å². The molecule has 0 aliphatic rings. The Morgan fingerprint density at radius 3 is 3.06 bits per heavy atom. The van der Waals surface area contributed by atoms with E-state index in [-0.39, 0.29) is 6.04 Å². The lowest BCUT2D eigenvalue weighted by Crippen LogP contribution is -2.30. The van der Waals surface area contributed by atoms with Crippen LogP contribution in [0.15, 0.2) is 18.5 Å². The molecule has 1 N–H and O–H groups in total. The number of hydrogen-bond acceptors (Lipinski definition) is 4. The van der Waals surface area contributed by atoms with Crippen molar-refractivity contribution in [2.24, 2.45) is 0 Å². The van der Waals surface area contributed by atoms with Crippen molar-refractivity contribution in [3.63, 3.8) is 0 Å². The molecule has 0 aliphatic carbocycles. The number of aryl methyl sites for hydroxylation is 1. The maximum atomic E-state index is 11.1. The summed E-state index contributed by atoms with van der Waals surface area (Å²) in [6.07, 6.45) is 5.54. The first-order valence-electron chi connectivity index (χ1n) is 5.89. The minimum absolute atomic E-state index is 0.228. The van der Waals surface area contributed by atoms with Crippen LogP contribution in [-0.4, -0.2) is 36.9 Å². The van der Waals surface area contributed by atoms with Crippen LogP contribution in [0.3, 0.4) is 0 Å². The summed E-state index contributed by atoms with van der Waals surface area (Å²) in [7, 11) is -0.768. The highest BCUT2D eigenvalue weighted by molar-refractivity contribution is 7.84. The summed E-state index contributed by atoms with van der Waals surface area (Å²) < 4.78 is 12.9. The zero-order chi connectivity index (χ0) is 13.1. The van der Waals surface area contributed by atoms with Crippen LogP contribution in [-0.2, 0) is 17.3 Å². The average molecular weight is 266 g/mol. The molecule has 0 saturated carbocycles. The maximum absolute atomic E-state index is 11.1. The second-order valence-corrected chi connectivity index (χ2v) is 6.05. The van der Waals surface area contributed by atoms with Gasteiger partial charge in [0.1, 0.15) is 0 Å². The Bertz CT molecular complexity index is 566. The molecule has 0 fully saturated rings. The van der Waals surface area contributed by atoms with Crippen LogP contribution >= 0.6 is 0 Å². The van der Waals surface area contributed by atoms with E-state index in [9.17, 15) is 4.21 Å². The van der Waals surface area contributed by atoms with Crippen LogP contribution in [0, 0.1) is 6.92 Å². The topological polar surface area (TPSA) is 59.3 Å². The minimum atomic E-state index is -0.768. The van der Waals surface area contributed by atoms with Crippen molar-refractivity contribution >= 4 is 16.4 Å². The summed E-state index contributed by atoms with van der Waals surface area (Å²) in [6.45, 7) is 4.69. The third-order valence-electron chi connectivity index (χ3n) is 2.63. The van der Waals surface area contributed by atoms with Gasteiger partial charge in [-0.05, 0) is 13.8 Å². The lowest BCUT2D eigenvalue weighted by Gasteiger charge is -2.11. The Morgan fingerprint density at radius 1 is 1.56 bits per heavy atom. The molecule has 0 saturated heterocycles. The number of rotatable bonds is 5. The molecule has 5 nitrogen and oxygen atoms in total. The van der Waals surface area contributed by atoms with Gasteiger partial charge in [-0.25, -0.2) is 9.50 Å². The highest BCUT2D eigenvalue weighted by atomic mass is 32.2. The number of hydrogen-bond donors (Lipinski definition) is 1. The number of nitrogens with one attached hydrogen (secondary N) is 1. The third kappa shape index (κ3) is 3.36. The average Bonchev–Trinajstić information content (AvgIpc) is 2.64. The van der Waals surface area contributed by atoms with Gasteiger partial charge < -0.3 is 5.32 Å². The Hall–Kier alpha value is -1.27. The molecular weight excluding hydrogens is 248 g/mol. The lowest BCUT2D eigenvalue weighted by molar-refractivity contribution is 0.584. The molecular formula is C12H18N4OS. The van der Waals surface area contributed by atoms with Gasteiger partial charge in [0.2, 0.25) is 0 Å². The molecule has 6 heteroatoms. The molecule has 2 heterocycles. The van der Waals surface area contributed by atoms with Crippen molar-refractivity contribution in [2.75, 3.05) is 12.0 Å². The standard InChI is InChI=1S/C12H18N4OS/c1-9-4-12-14-6-11(7-16(12)15-9)5-13-10(2)8-18(3)17/h4,6-7,10,13H,5,8H2,1-3H3. The van der Waals surface area contributed by atoms with Gasteiger partial charge in [-0.1, -0.05) is 0 Å². The Morgan fingerprint density at radius 2 is 2.33 bits per heavy atom. The molecule has 18 heavy (non-hydrogen) atoms. The van der Waals surface area contributed by atoms with Gasteiger partial charge in [-0.15, -0.1) is 0 Å². The van der Waals surface area contributed by atoms with Gasteiger partial charge in [0.05, 0.1) is 5.69 Å². The van der Waals surface area contributed by atoms with Crippen LogP contribution < -0.4 is 5.32 Å². The summed E-state index contributed by atoms with van der Waals surface area (Å²) in [5, 5.41) is 7.65. The third-order valence-corrected chi connectivity index (χ3v) is 3.60. The quantitative estimate of drug-likeness (QED) is 0.873. The van der Waals surface area contributed by atoms with Crippen molar-refractivity contribution < 1.29 is 4.21 Å². The van der Waals surface area contributed by atoms with E-state index in [1.165, 1.54) is 0 Å². The number of aromatic nitrogens is 3. The molecule has 2 rings (SSSR count). The van der Waals surface area contributed by atoms with Crippen LogP contribution in [0.25, 0.3) is 5.65 Å². The van der Waals surface area contributed by atoms with Gasteiger partial charge >= 0.3 is 0 Å². The second-order valence-electron chi connectivity index (χ2n) is 4.57. The molecule has 0 radical (unpaired) electrons. The Kier molecular flexibility index (Phi) is 4.08. The van der Waals surface area contributed by atoms with E-state index in [0.717, 1.165) is 16.9 Å². The van der Waals surface area contributed by atoms with E-state index in [0.29, 0.717) is 12.3 Å². The van der Waals surface area contributed by atoms with Crippen molar-refractivity contribution in [1.29, 1.82) is 0 Å². The minimum Gasteiger partial charge on any atom is -0.309 e. The van der Waals surface area contributed by atoms with Crippen molar-refractivity contribution in [3.05, 3.63) is 29.7 Å². The Labute approximate surface area is 109 Å². The fourth-order valence-corrected chi connectivity index (χ4v) is 2.65. The van der Waals surface area contributed by atoms with Gasteiger partial charge in [0, 0.05) is 59.4 Å². The van der Waals surface area contributed by atoms with Crippen LogP contribution in [0.5, 0.6) is 0 Å². The van der Waals surface area contributed by atoms with Gasteiger partial charge in [-0.3, -0.25) is 4.21 Å². The van der Waals surface area contributed by atoms with E-state index in [2.05, 4.69) is 15.4 Å². The van der Waals surface area contributed by atoms with Crippen LogP contribution in [0.1, 0.15) is 18.2 Å². The summed E-state index contributed by atoms with van der Waals surface area (Å²) in [5.41, 5.74) is 2.89. The van der Waals surface area contributed by atoms with E-state index < -0.39 is 10.8 Å². The van der Waals surface area contributed by atoms with Gasteiger partial charge in [0.15, 0.2) is 5.65 Å². The summed E-state index contributed by atoms with van der Waals surface area (Å²) in [5.74, 6) is 0.663. The molecule has 0 amide bonds. The van der Waals surface area contributed by atoms with Crippen LogP contribution in [0.2, 0.25) is 0 Å². The smallest absolute Gasteiger partial charge is 0.155 e. The first-order valence-corrected chi connectivity index (χ1v) is 7.61. The second kappa shape index (κ2) is 5.58. The predicted octanol–water partition coefficient (Wildman–Crippen LogP) is 0.894.